The second kappa shape index (κ2) is 5.75. The highest BCUT2D eigenvalue weighted by molar-refractivity contribution is 5.76. The van der Waals surface area contributed by atoms with Crippen LogP contribution >= 0.6 is 0 Å². The summed E-state index contributed by atoms with van der Waals surface area (Å²) in [6, 6.07) is 15.0. The Labute approximate surface area is 122 Å². The first-order valence-corrected chi connectivity index (χ1v) is 6.91. The summed E-state index contributed by atoms with van der Waals surface area (Å²) in [4.78, 5) is 12.3. The number of nitrogens with zero attached hydrogens (tertiary/aromatic N) is 3. The minimum absolute atomic E-state index is 0.0853. The fourth-order valence-corrected chi connectivity index (χ4v) is 2.29. The molecule has 0 unspecified atom stereocenters. The predicted octanol–water partition coefficient (Wildman–Crippen LogP) is 2.01. The van der Waals surface area contributed by atoms with Crippen molar-refractivity contribution in [1.29, 1.82) is 0 Å². The summed E-state index contributed by atoms with van der Waals surface area (Å²) < 4.78 is 1.43. The molecule has 0 bridgehead atoms. The fourth-order valence-electron chi connectivity index (χ4n) is 2.29. The SMILES string of the molecule is Nc1ccc(CCCn2nnc3ccccc3c2=O)cc1. The lowest BCUT2D eigenvalue weighted by atomic mass is 10.1. The fraction of sp³-hybridized carbons (Fsp3) is 0.188. The van der Waals surface area contributed by atoms with E-state index in [1.165, 1.54) is 10.2 Å². The number of rotatable bonds is 4. The molecule has 0 aliphatic rings. The Hall–Kier alpha value is -2.69. The normalized spacial score (nSPS) is 10.9. The van der Waals surface area contributed by atoms with Gasteiger partial charge >= 0.3 is 0 Å². The number of benzene rings is 2. The van der Waals surface area contributed by atoms with Crippen LogP contribution in [0.25, 0.3) is 10.9 Å². The van der Waals surface area contributed by atoms with Crippen molar-refractivity contribution in [3.8, 4) is 0 Å². The van der Waals surface area contributed by atoms with Crippen LogP contribution in [-0.2, 0) is 13.0 Å². The quantitative estimate of drug-likeness (QED) is 0.742. The van der Waals surface area contributed by atoms with Gasteiger partial charge in [0.05, 0.1) is 5.39 Å². The molecule has 0 fully saturated rings. The van der Waals surface area contributed by atoms with E-state index in [2.05, 4.69) is 10.3 Å². The van der Waals surface area contributed by atoms with Gasteiger partial charge in [-0.25, -0.2) is 4.68 Å². The number of nitrogen functional groups attached to an aromatic ring is 1. The summed E-state index contributed by atoms with van der Waals surface area (Å²) in [5.74, 6) is 0. The van der Waals surface area contributed by atoms with Gasteiger partial charge in [0.1, 0.15) is 5.52 Å². The van der Waals surface area contributed by atoms with Crippen molar-refractivity contribution in [2.45, 2.75) is 19.4 Å². The van der Waals surface area contributed by atoms with Gasteiger partial charge in [0.15, 0.2) is 0 Å². The van der Waals surface area contributed by atoms with Gasteiger partial charge in [0, 0.05) is 12.2 Å². The highest BCUT2D eigenvalue weighted by atomic mass is 16.1. The molecule has 2 N–H and O–H groups in total. The van der Waals surface area contributed by atoms with Gasteiger partial charge in [-0.3, -0.25) is 4.79 Å². The molecule has 0 saturated carbocycles. The van der Waals surface area contributed by atoms with Gasteiger partial charge in [-0.1, -0.05) is 29.5 Å². The van der Waals surface area contributed by atoms with E-state index < -0.39 is 0 Å². The Balaban J connectivity index is 1.72. The van der Waals surface area contributed by atoms with E-state index in [9.17, 15) is 4.79 Å². The minimum atomic E-state index is -0.0853. The van der Waals surface area contributed by atoms with E-state index in [1.54, 1.807) is 12.1 Å². The average Bonchev–Trinajstić information content (AvgIpc) is 2.52. The highest BCUT2D eigenvalue weighted by Crippen LogP contribution is 2.08. The molecule has 1 aromatic heterocycles. The maximum Gasteiger partial charge on any atom is 0.277 e. The summed E-state index contributed by atoms with van der Waals surface area (Å²) in [5, 5.41) is 8.67. The van der Waals surface area contributed by atoms with Crippen LogP contribution in [0, 0.1) is 0 Å². The van der Waals surface area contributed by atoms with Crippen LogP contribution in [0.1, 0.15) is 12.0 Å². The van der Waals surface area contributed by atoms with Crippen molar-refractivity contribution < 1.29 is 0 Å². The van der Waals surface area contributed by atoms with Crippen molar-refractivity contribution >= 4 is 16.6 Å². The maximum absolute atomic E-state index is 12.3. The smallest absolute Gasteiger partial charge is 0.277 e. The first-order valence-electron chi connectivity index (χ1n) is 6.91. The number of anilines is 1. The zero-order chi connectivity index (χ0) is 14.7. The second-order valence-electron chi connectivity index (χ2n) is 4.98. The number of hydrogen-bond donors (Lipinski definition) is 1. The molecular weight excluding hydrogens is 264 g/mol. The highest BCUT2D eigenvalue weighted by Gasteiger charge is 2.04. The van der Waals surface area contributed by atoms with Gasteiger partial charge in [-0.15, -0.1) is 5.10 Å². The first-order chi connectivity index (χ1) is 10.2. The molecule has 5 heteroatoms. The standard InChI is InChI=1S/C16H16N4O/c17-13-9-7-12(8-10-13)4-3-11-20-16(21)14-5-1-2-6-15(14)18-19-20/h1-2,5-10H,3-4,11,17H2. The lowest BCUT2D eigenvalue weighted by Crippen LogP contribution is -2.24. The van der Waals surface area contributed by atoms with Gasteiger partial charge in [0.2, 0.25) is 0 Å². The molecule has 0 radical (unpaired) electrons. The van der Waals surface area contributed by atoms with E-state index in [0.717, 1.165) is 18.5 Å². The van der Waals surface area contributed by atoms with Crippen LogP contribution in [0.3, 0.4) is 0 Å². The molecule has 5 nitrogen and oxygen atoms in total. The molecule has 0 aliphatic carbocycles. The third kappa shape index (κ3) is 2.91. The van der Waals surface area contributed by atoms with Gasteiger partial charge in [0.25, 0.3) is 5.56 Å². The Morgan fingerprint density at radius 2 is 1.81 bits per heavy atom. The van der Waals surface area contributed by atoms with Gasteiger partial charge in [-0.05, 0) is 42.7 Å². The lowest BCUT2D eigenvalue weighted by molar-refractivity contribution is 0.525. The average molecular weight is 280 g/mol. The molecule has 21 heavy (non-hydrogen) atoms. The molecule has 0 amide bonds. The number of fused-ring (bicyclic) bond motifs is 1. The number of hydrogen-bond acceptors (Lipinski definition) is 4. The van der Waals surface area contributed by atoms with Crippen LogP contribution in [0.5, 0.6) is 0 Å². The van der Waals surface area contributed by atoms with E-state index in [0.29, 0.717) is 17.4 Å². The predicted molar refractivity (Wildman–Crippen MR) is 83.0 cm³/mol. The summed E-state index contributed by atoms with van der Waals surface area (Å²) >= 11 is 0. The molecule has 3 aromatic rings. The molecule has 0 atom stereocenters. The number of aryl methyl sites for hydroxylation is 2. The van der Waals surface area contributed by atoms with E-state index >= 15 is 0 Å². The van der Waals surface area contributed by atoms with Crippen LogP contribution in [0.4, 0.5) is 5.69 Å². The zero-order valence-electron chi connectivity index (χ0n) is 11.6. The Morgan fingerprint density at radius 1 is 1.05 bits per heavy atom. The number of aromatic nitrogens is 3. The van der Waals surface area contributed by atoms with Crippen molar-refractivity contribution in [2.75, 3.05) is 5.73 Å². The molecular formula is C16H16N4O. The van der Waals surface area contributed by atoms with Crippen molar-refractivity contribution in [2.24, 2.45) is 0 Å². The summed E-state index contributed by atoms with van der Waals surface area (Å²) in [6.07, 6.45) is 1.71. The zero-order valence-corrected chi connectivity index (χ0v) is 11.6. The minimum Gasteiger partial charge on any atom is -0.399 e. The largest absolute Gasteiger partial charge is 0.399 e. The van der Waals surface area contributed by atoms with Crippen LogP contribution in [0.15, 0.2) is 53.3 Å². The maximum atomic E-state index is 12.3. The summed E-state index contributed by atoms with van der Waals surface area (Å²) in [7, 11) is 0. The van der Waals surface area contributed by atoms with Crippen molar-refractivity contribution in [1.82, 2.24) is 15.0 Å². The molecule has 0 saturated heterocycles. The third-order valence-corrected chi connectivity index (χ3v) is 3.44. The van der Waals surface area contributed by atoms with Crippen molar-refractivity contribution in [3.63, 3.8) is 0 Å². The Bertz CT molecular complexity index is 808. The van der Waals surface area contributed by atoms with Crippen LogP contribution in [-0.4, -0.2) is 15.0 Å². The molecule has 2 aromatic carbocycles. The van der Waals surface area contributed by atoms with E-state index in [-0.39, 0.29) is 5.56 Å². The van der Waals surface area contributed by atoms with Crippen LogP contribution in [0.2, 0.25) is 0 Å². The monoisotopic (exact) mass is 280 g/mol. The Kier molecular flexibility index (Phi) is 3.64. The first kappa shape index (κ1) is 13.3. The molecule has 1 heterocycles. The molecule has 3 rings (SSSR count). The third-order valence-electron chi connectivity index (χ3n) is 3.44. The van der Waals surface area contributed by atoms with E-state index in [4.69, 9.17) is 5.73 Å². The topological polar surface area (TPSA) is 73.8 Å². The summed E-state index contributed by atoms with van der Waals surface area (Å²) in [5.41, 5.74) is 8.17. The molecule has 0 spiro atoms. The summed E-state index contributed by atoms with van der Waals surface area (Å²) in [6.45, 7) is 0.557. The van der Waals surface area contributed by atoms with Gasteiger partial charge in [-0.2, -0.15) is 0 Å². The molecule has 106 valence electrons. The van der Waals surface area contributed by atoms with Gasteiger partial charge < -0.3 is 5.73 Å². The number of nitrogens with two attached hydrogens (primary N) is 1. The van der Waals surface area contributed by atoms with Crippen molar-refractivity contribution in [3.05, 3.63) is 64.4 Å². The molecule has 0 aliphatic heterocycles. The second-order valence-corrected chi connectivity index (χ2v) is 4.98. The Morgan fingerprint density at radius 3 is 2.62 bits per heavy atom. The van der Waals surface area contributed by atoms with Crippen LogP contribution < -0.4 is 11.3 Å². The lowest BCUT2D eigenvalue weighted by Gasteiger charge is -2.05. The van der Waals surface area contributed by atoms with E-state index in [1.807, 2.05) is 36.4 Å².